The summed E-state index contributed by atoms with van der Waals surface area (Å²) >= 11 is 0. The van der Waals surface area contributed by atoms with Crippen LogP contribution in [0, 0.1) is 11.6 Å². The lowest BCUT2D eigenvalue weighted by atomic mass is 10.3. The number of carboxylic acids is 1. The van der Waals surface area contributed by atoms with Gasteiger partial charge in [-0.15, -0.1) is 0 Å². The standard InChI is InChI=1S/C11H8F2N2O2/c12-7-3-8(13)5-10(4-7)15-2-1-9(14-15)6-11(16)17/h1-5H,6H2,(H,16,17). The summed E-state index contributed by atoms with van der Waals surface area (Å²) in [6.45, 7) is 0. The molecule has 0 fully saturated rings. The molecular weight excluding hydrogens is 230 g/mol. The maximum absolute atomic E-state index is 13.0. The number of hydrogen-bond acceptors (Lipinski definition) is 2. The Balaban J connectivity index is 2.33. The number of hydrogen-bond donors (Lipinski definition) is 1. The number of aromatic nitrogens is 2. The highest BCUT2D eigenvalue weighted by Gasteiger charge is 2.07. The highest BCUT2D eigenvalue weighted by molar-refractivity contribution is 5.69. The monoisotopic (exact) mass is 238 g/mol. The Kier molecular flexibility index (Phi) is 2.86. The van der Waals surface area contributed by atoms with Gasteiger partial charge in [0.05, 0.1) is 17.8 Å². The molecule has 0 spiro atoms. The van der Waals surface area contributed by atoms with Crippen LogP contribution in [0.2, 0.25) is 0 Å². The quantitative estimate of drug-likeness (QED) is 0.886. The van der Waals surface area contributed by atoms with Crippen LogP contribution >= 0.6 is 0 Å². The number of rotatable bonds is 3. The highest BCUT2D eigenvalue weighted by atomic mass is 19.1. The van der Waals surface area contributed by atoms with Gasteiger partial charge in [0.2, 0.25) is 0 Å². The zero-order valence-electron chi connectivity index (χ0n) is 8.60. The van der Waals surface area contributed by atoms with Gasteiger partial charge in [0.25, 0.3) is 0 Å². The third-order valence-electron chi connectivity index (χ3n) is 2.09. The Bertz CT molecular complexity index is 546. The molecule has 0 unspecified atom stereocenters. The molecule has 0 amide bonds. The van der Waals surface area contributed by atoms with Gasteiger partial charge in [-0.25, -0.2) is 13.5 Å². The summed E-state index contributed by atoms with van der Waals surface area (Å²) in [4.78, 5) is 10.5. The highest BCUT2D eigenvalue weighted by Crippen LogP contribution is 2.12. The van der Waals surface area contributed by atoms with Gasteiger partial charge in [0.1, 0.15) is 11.6 Å². The number of carbonyl (C=O) groups is 1. The maximum Gasteiger partial charge on any atom is 0.309 e. The largest absolute Gasteiger partial charge is 0.481 e. The predicted molar refractivity (Wildman–Crippen MR) is 54.8 cm³/mol. The molecule has 2 aromatic rings. The zero-order chi connectivity index (χ0) is 12.4. The van der Waals surface area contributed by atoms with E-state index in [-0.39, 0.29) is 12.1 Å². The van der Waals surface area contributed by atoms with Gasteiger partial charge < -0.3 is 5.11 Å². The molecule has 1 aromatic carbocycles. The SMILES string of the molecule is O=C(O)Cc1ccn(-c2cc(F)cc(F)c2)n1. The second-order valence-electron chi connectivity index (χ2n) is 3.45. The van der Waals surface area contributed by atoms with E-state index >= 15 is 0 Å². The van der Waals surface area contributed by atoms with E-state index in [1.54, 1.807) is 0 Å². The fraction of sp³-hybridized carbons (Fsp3) is 0.0909. The molecule has 1 aromatic heterocycles. The van der Waals surface area contributed by atoms with Crippen LogP contribution in [0.25, 0.3) is 5.69 Å². The first-order chi connectivity index (χ1) is 8.04. The first kappa shape index (κ1) is 11.3. The molecule has 17 heavy (non-hydrogen) atoms. The van der Waals surface area contributed by atoms with Gasteiger partial charge in [0.15, 0.2) is 0 Å². The van der Waals surface area contributed by atoms with E-state index < -0.39 is 17.6 Å². The van der Waals surface area contributed by atoms with Crippen molar-refractivity contribution in [3.63, 3.8) is 0 Å². The summed E-state index contributed by atoms with van der Waals surface area (Å²) in [6.07, 6.45) is 1.22. The first-order valence-electron chi connectivity index (χ1n) is 4.77. The summed E-state index contributed by atoms with van der Waals surface area (Å²) in [7, 11) is 0. The summed E-state index contributed by atoms with van der Waals surface area (Å²) in [6, 6.07) is 4.46. The van der Waals surface area contributed by atoms with Crippen LogP contribution in [0.1, 0.15) is 5.69 Å². The third kappa shape index (κ3) is 2.66. The van der Waals surface area contributed by atoms with Crippen LogP contribution in [0.5, 0.6) is 0 Å². The third-order valence-corrected chi connectivity index (χ3v) is 2.09. The smallest absolute Gasteiger partial charge is 0.309 e. The molecule has 1 heterocycles. The fourth-order valence-electron chi connectivity index (χ4n) is 1.43. The molecule has 0 saturated carbocycles. The van der Waals surface area contributed by atoms with Crippen molar-refractivity contribution in [1.82, 2.24) is 9.78 Å². The molecule has 0 saturated heterocycles. The minimum Gasteiger partial charge on any atom is -0.481 e. The van der Waals surface area contributed by atoms with Gasteiger partial charge >= 0.3 is 5.97 Å². The fourth-order valence-corrected chi connectivity index (χ4v) is 1.43. The molecular formula is C11H8F2N2O2. The van der Waals surface area contributed by atoms with Crippen molar-refractivity contribution in [1.29, 1.82) is 0 Å². The molecule has 1 N–H and O–H groups in total. The van der Waals surface area contributed by atoms with E-state index in [0.717, 1.165) is 18.2 Å². The van der Waals surface area contributed by atoms with Crippen molar-refractivity contribution in [3.8, 4) is 5.69 Å². The van der Waals surface area contributed by atoms with Crippen LogP contribution in [0.3, 0.4) is 0 Å². The van der Waals surface area contributed by atoms with Gasteiger partial charge in [0, 0.05) is 12.3 Å². The summed E-state index contributed by atoms with van der Waals surface area (Å²) < 4.78 is 27.1. The van der Waals surface area contributed by atoms with Crippen LogP contribution < -0.4 is 0 Å². The van der Waals surface area contributed by atoms with Crippen LogP contribution in [0.4, 0.5) is 8.78 Å². The second kappa shape index (κ2) is 4.32. The molecule has 0 radical (unpaired) electrons. The average molecular weight is 238 g/mol. The first-order valence-corrected chi connectivity index (χ1v) is 4.77. The number of aliphatic carboxylic acids is 1. The number of halogens is 2. The summed E-state index contributed by atoms with van der Waals surface area (Å²) in [5.74, 6) is -2.44. The molecule has 0 aliphatic heterocycles. The van der Waals surface area contributed by atoms with E-state index in [9.17, 15) is 13.6 Å². The Hall–Kier alpha value is -2.24. The number of benzene rings is 1. The van der Waals surface area contributed by atoms with Gasteiger partial charge in [-0.1, -0.05) is 0 Å². The van der Waals surface area contributed by atoms with Crippen molar-refractivity contribution in [2.24, 2.45) is 0 Å². The van der Waals surface area contributed by atoms with Crippen molar-refractivity contribution < 1.29 is 18.7 Å². The van der Waals surface area contributed by atoms with Crippen molar-refractivity contribution >= 4 is 5.97 Å². The van der Waals surface area contributed by atoms with Crippen LogP contribution in [0.15, 0.2) is 30.5 Å². The predicted octanol–water partition coefficient (Wildman–Crippen LogP) is 1.78. The molecule has 0 aliphatic carbocycles. The van der Waals surface area contributed by atoms with Gasteiger partial charge in [-0.3, -0.25) is 4.79 Å². The van der Waals surface area contributed by atoms with Crippen molar-refractivity contribution in [3.05, 3.63) is 47.8 Å². The molecule has 0 aliphatic rings. The maximum atomic E-state index is 13.0. The minimum absolute atomic E-state index is 0.208. The van der Waals surface area contributed by atoms with Crippen molar-refractivity contribution in [2.75, 3.05) is 0 Å². The van der Waals surface area contributed by atoms with Crippen LogP contribution in [-0.2, 0) is 11.2 Å². The van der Waals surface area contributed by atoms with Gasteiger partial charge in [-0.2, -0.15) is 5.10 Å². The average Bonchev–Trinajstić information content (AvgIpc) is 2.63. The zero-order valence-corrected chi connectivity index (χ0v) is 8.60. The molecule has 4 nitrogen and oxygen atoms in total. The molecule has 6 heteroatoms. The Labute approximate surface area is 95.1 Å². The lowest BCUT2D eigenvalue weighted by Crippen LogP contribution is -2.02. The summed E-state index contributed by atoms with van der Waals surface area (Å²) in [5, 5.41) is 12.5. The van der Waals surface area contributed by atoms with E-state index in [1.807, 2.05) is 0 Å². The van der Waals surface area contributed by atoms with E-state index in [0.29, 0.717) is 5.69 Å². The normalized spacial score (nSPS) is 10.5. The number of carboxylic acid groups (broad SMARTS) is 1. The Morgan fingerprint density at radius 1 is 1.29 bits per heavy atom. The van der Waals surface area contributed by atoms with E-state index in [2.05, 4.69) is 5.10 Å². The van der Waals surface area contributed by atoms with E-state index in [4.69, 9.17) is 5.11 Å². The lowest BCUT2D eigenvalue weighted by Gasteiger charge is -2.01. The van der Waals surface area contributed by atoms with E-state index in [1.165, 1.54) is 16.9 Å². The Morgan fingerprint density at radius 3 is 2.53 bits per heavy atom. The topological polar surface area (TPSA) is 55.1 Å². The van der Waals surface area contributed by atoms with Crippen molar-refractivity contribution in [2.45, 2.75) is 6.42 Å². The lowest BCUT2D eigenvalue weighted by molar-refractivity contribution is -0.136. The molecule has 0 bridgehead atoms. The van der Waals surface area contributed by atoms with Gasteiger partial charge in [-0.05, 0) is 18.2 Å². The summed E-state index contributed by atoms with van der Waals surface area (Å²) in [5.41, 5.74) is 0.529. The molecule has 0 atom stereocenters. The Morgan fingerprint density at radius 2 is 1.94 bits per heavy atom. The minimum atomic E-state index is -1.01. The molecule has 88 valence electrons. The number of nitrogens with zero attached hydrogens (tertiary/aromatic N) is 2. The van der Waals surface area contributed by atoms with Crippen LogP contribution in [-0.4, -0.2) is 20.9 Å². The second-order valence-corrected chi connectivity index (χ2v) is 3.45. The molecule has 2 rings (SSSR count).